The largest absolute Gasteiger partial charge is 0.357 e. The molecule has 1 amide bonds. The van der Waals surface area contributed by atoms with Gasteiger partial charge in [0.25, 0.3) is 5.91 Å². The Balaban J connectivity index is 1.74. The van der Waals surface area contributed by atoms with Crippen LogP contribution < -0.4 is 5.32 Å². The minimum atomic E-state index is -0.124. The number of nitrogens with one attached hydrogen (secondary N) is 2. The maximum atomic E-state index is 12.4. The van der Waals surface area contributed by atoms with Crippen LogP contribution in [0.5, 0.6) is 0 Å². The SMILES string of the molecule is Cc1nc(-c2c[nH]c(C(=O)N[C@@H](C)c3sc(C)nc3C)c2)cs1. The second kappa shape index (κ2) is 6.25. The van der Waals surface area contributed by atoms with Crippen LogP contribution in [0.4, 0.5) is 0 Å². The zero-order valence-electron chi connectivity index (χ0n) is 13.4. The summed E-state index contributed by atoms with van der Waals surface area (Å²) in [5, 5.41) is 7.04. The van der Waals surface area contributed by atoms with Crippen molar-refractivity contribution >= 4 is 28.6 Å². The summed E-state index contributed by atoms with van der Waals surface area (Å²) in [5.74, 6) is -0.124. The summed E-state index contributed by atoms with van der Waals surface area (Å²) < 4.78 is 0. The molecule has 0 aliphatic heterocycles. The lowest BCUT2D eigenvalue weighted by atomic mass is 10.2. The molecule has 0 saturated heterocycles. The fourth-order valence-corrected chi connectivity index (χ4v) is 4.01. The van der Waals surface area contributed by atoms with Crippen LogP contribution >= 0.6 is 22.7 Å². The van der Waals surface area contributed by atoms with Crippen LogP contribution in [0.1, 0.15) is 44.0 Å². The average molecular weight is 346 g/mol. The Morgan fingerprint density at radius 3 is 2.65 bits per heavy atom. The van der Waals surface area contributed by atoms with Crippen molar-refractivity contribution in [3.63, 3.8) is 0 Å². The van der Waals surface area contributed by atoms with Crippen LogP contribution in [0.25, 0.3) is 11.3 Å². The van der Waals surface area contributed by atoms with Crippen LogP contribution in [0.2, 0.25) is 0 Å². The highest BCUT2D eigenvalue weighted by Gasteiger charge is 2.17. The number of hydrogen-bond acceptors (Lipinski definition) is 5. The molecular formula is C16H18N4OS2. The van der Waals surface area contributed by atoms with Crippen molar-refractivity contribution in [3.8, 4) is 11.3 Å². The van der Waals surface area contributed by atoms with Gasteiger partial charge < -0.3 is 10.3 Å². The number of aromatic amines is 1. The molecule has 0 radical (unpaired) electrons. The minimum absolute atomic E-state index is 0.0676. The number of H-pyrrole nitrogens is 1. The van der Waals surface area contributed by atoms with Gasteiger partial charge in [-0.05, 0) is 33.8 Å². The summed E-state index contributed by atoms with van der Waals surface area (Å²) >= 11 is 3.22. The van der Waals surface area contributed by atoms with E-state index in [0.29, 0.717) is 5.69 Å². The van der Waals surface area contributed by atoms with E-state index in [9.17, 15) is 4.79 Å². The van der Waals surface area contributed by atoms with E-state index in [2.05, 4.69) is 20.3 Å². The lowest BCUT2D eigenvalue weighted by Gasteiger charge is -2.12. The van der Waals surface area contributed by atoms with Gasteiger partial charge in [-0.3, -0.25) is 4.79 Å². The fraction of sp³-hybridized carbons (Fsp3) is 0.312. The van der Waals surface area contributed by atoms with Crippen LogP contribution in [0, 0.1) is 20.8 Å². The molecule has 7 heteroatoms. The van der Waals surface area contributed by atoms with E-state index < -0.39 is 0 Å². The lowest BCUT2D eigenvalue weighted by Crippen LogP contribution is -2.26. The molecule has 0 aliphatic rings. The van der Waals surface area contributed by atoms with Gasteiger partial charge in [-0.25, -0.2) is 9.97 Å². The first-order valence-corrected chi connectivity index (χ1v) is 8.99. The van der Waals surface area contributed by atoms with Crippen molar-refractivity contribution < 1.29 is 4.79 Å². The van der Waals surface area contributed by atoms with Gasteiger partial charge in [0.15, 0.2) is 0 Å². The number of amides is 1. The number of carbonyl (C=O) groups excluding carboxylic acids is 1. The van der Waals surface area contributed by atoms with E-state index in [-0.39, 0.29) is 11.9 Å². The Morgan fingerprint density at radius 1 is 1.26 bits per heavy atom. The molecule has 0 unspecified atom stereocenters. The first kappa shape index (κ1) is 15.9. The quantitative estimate of drug-likeness (QED) is 0.750. The summed E-state index contributed by atoms with van der Waals surface area (Å²) in [6.07, 6.45) is 1.82. The molecule has 120 valence electrons. The van der Waals surface area contributed by atoms with Gasteiger partial charge in [0.05, 0.1) is 27.4 Å². The molecule has 0 aliphatic carbocycles. The summed E-state index contributed by atoms with van der Waals surface area (Å²) in [6.45, 7) is 7.89. The molecule has 2 N–H and O–H groups in total. The molecule has 3 heterocycles. The first-order valence-electron chi connectivity index (χ1n) is 7.29. The Labute approximate surface area is 142 Å². The number of nitrogens with zero attached hydrogens (tertiary/aromatic N) is 2. The standard InChI is InChI=1S/C16H18N4OS2/c1-8-15(23-11(4)18-8)9(2)19-16(21)13-5-12(6-17-13)14-7-22-10(3)20-14/h5-7,9,17H,1-4H3,(H,19,21)/t9-/m0/s1. The summed E-state index contributed by atoms with van der Waals surface area (Å²) in [5.41, 5.74) is 3.34. The zero-order valence-corrected chi connectivity index (χ0v) is 15.1. The minimum Gasteiger partial charge on any atom is -0.357 e. The monoisotopic (exact) mass is 346 g/mol. The van der Waals surface area contributed by atoms with Crippen molar-refractivity contribution in [3.05, 3.63) is 43.9 Å². The molecule has 0 aromatic carbocycles. The summed E-state index contributed by atoms with van der Waals surface area (Å²) in [7, 11) is 0. The molecular weight excluding hydrogens is 328 g/mol. The molecule has 5 nitrogen and oxygen atoms in total. The van der Waals surface area contributed by atoms with Gasteiger partial charge in [-0.15, -0.1) is 22.7 Å². The molecule has 1 atom stereocenters. The van der Waals surface area contributed by atoms with Crippen molar-refractivity contribution in [2.45, 2.75) is 33.7 Å². The highest BCUT2D eigenvalue weighted by Crippen LogP contribution is 2.25. The zero-order chi connectivity index (χ0) is 16.6. The number of thiazole rings is 2. The molecule has 23 heavy (non-hydrogen) atoms. The molecule has 0 fully saturated rings. The van der Waals surface area contributed by atoms with Crippen molar-refractivity contribution in [1.29, 1.82) is 0 Å². The maximum Gasteiger partial charge on any atom is 0.268 e. The van der Waals surface area contributed by atoms with Crippen LogP contribution in [-0.4, -0.2) is 20.9 Å². The van der Waals surface area contributed by atoms with E-state index >= 15 is 0 Å². The Bertz CT molecular complexity index is 846. The van der Waals surface area contributed by atoms with Crippen LogP contribution in [0.3, 0.4) is 0 Å². The van der Waals surface area contributed by atoms with Gasteiger partial charge in [0.2, 0.25) is 0 Å². The molecule has 3 rings (SSSR count). The van der Waals surface area contributed by atoms with Crippen molar-refractivity contribution in [2.24, 2.45) is 0 Å². The van der Waals surface area contributed by atoms with Gasteiger partial charge in [0, 0.05) is 22.0 Å². The van der Waals surface area contributed by atoms with Crippen LogP contribution in [0.15, 0.2) is 17.6 Å². The summed E-state index contributed by atoms with van der Waals surface area (Å²) in [4.78, 5) is 25.4. The van der Waals surface area contributed by atoms with E-state index in [0.717, 1.165) is 31.8 Å². The van der Waals surface area contributed by atoms with Gasteiger partial charge in [0.1, 0.15) is 5.69 Å². The number of hydrogen-bond donors (Lipinski definition) is 2. The van der Waals surface area contributed by atoms with E-state index in [4.69, 9.17) is 0 Å². The predicted octanol–water partition coefficient (Wildman–Crippen LogP) is 4.01. The molecule has 0 spiro atoms. The fourth-order valence-electron chi connectivity index (χ4n) is 2.46. The van der Waals surface area contributed by atoms with Gasteiger partial charge in [-0.2, -0.15) is 0 Å². The number of aromatic nitrogens is 3. The topological polar surface area (TPSA) is 70.7 Å². The molecule has 3 aromatic heterocycles. The van der Waals surface area contributed by atoms with Crippen LogP contribution in [-0.2, 0) is 0 Å². The average Bonchev–Trinajstić information content (AvgIpc) is 3.18. The second-order valence-corrected chi connectivity index (χ2v) is 7.73. The van der Waals surface area contributed by atoms with E-state index in [1.54, 1.807) is 22.7 Å². The Kier molecular flexibility index (Phi) is 4.32. The maximum absolute atomic E-state index is 12.4. The van der Waals surface area contributed by atoms with Crippen molar-refractivity contribution in [2.75, 3.05) is 0 Å². The highest BCUT2D eigenvalue weighted by molar-refractivity contribution is 7.11. The first-order chi connectivity index (χ1) is 10.9. The lowest BCUT2D eigenvalue weighted by molar-refractivity contribution is 0.0936. The Morgan fingerprint density at radius 2 is 2.04 bits per heavy atom. The third-order valence-electron chi connectivity index (χ3n) is 3.52. The van der Waals surface area contributed by atoms with Gasteiger partial charge in [-0.1, -0.05) is 0 Å². The van der Waals surface area contributed by atoms with Gasteiger partial charge >= 0.3 is 0 Å². The number of rotatable bonds is 4. The predicted molar refractivity (Wildman–Crippen MR) is 94.1 cm³/mol. The van der Waals surface area contributed by atoms with Crippen molar-refractivity contribution in [1.82, 2.24) is 20.3 Å². The normalized spacial score (nSPS) is 12.3. The molecule has 0 bridgehead atoms. The Hall–Kier alpha value is -1.99. The second-order valence-electron chi connectivity index (χ2n) is 5.43. The molecule has 0 saturated carbocycles. The molecule has 3 aromatic rings. The smallest absolute Gasteiger partial charge is 0.268 e. The van der Waals surface area contributed by atoms with E-state index in [1.165, 1.54) is 0 Å². The number of carbonyl (C=O) groups is 1. The number of aryl methyl sites for hydroxylation is 3. The summed E-state index contributed by atoms with van der Waals surface area (Å²) in [6, 6.07) is 1.77. The third kappa shape index (κ3) is 3.35. The van der Waals surface area contributed by atoms with E-state index in [1.807, 2.05) is 45.3 Å². The highest BCUT2D eigenvalue weighted by atomic mass is 32.1. The third-order valence-corrected chi connectivity index (χ3v) is 5.55.